The molecule has 2 aromatic carbocycles. The summed E-state index contributed by atoms with van der Waals surface area (Å²) in [6.07, 6.45) is 0.803. The van der Waals surface area contributed by atoms with Crippen molar-refractivity contribution < 1.29 is 0 Å². The number of benzene rings is 2. The molecule has 1 aromatic heterocycles. The predicted octanol–water partition coefficient (Wildman–Crippen LogP) is 7.42. The average molecular weight is 496 g/mol. The zero-order valence-corrected chi connectivity index (χ0v) is 19.0. The molecule has 0 amide bonds. The fraction of sp³-hybridized carbons (Fsp3) is 0.211. The fourth-order valence-electron chi connectivity index (χ4n) is 2.68. The second-order valence-corrected chi connectivity index (χ2v) is 10.5. The summed E-state index contributed by atoms with van der Waals surface area (Å²) in [6, 6.07) is 15.9. The predicted molar refractivity (Wildman–Crippen MR) is 119 cm³/mol. The van der Waals surface area contributed by atoms with Crippen LogP contribution in [0.2, 0.25) is 0 Å². The van der Waals surface area contributed by atoms with Crippen LogP contribution in [-0.2, 0) is 14.0 Å². The molecule has 1 heterocycles. The van der Waals surface area contributed by atoms with Crippen LogP contribution in [0.25, 0.3) is 22.5 Å². The Labute approximate surface area is 192 Å². The van der Waals surface area contributed by atoms with Crippen LogP contribution in [-0.4, -0.2) is 15.0 Å². The van der Waals surface area contributed by atoms with E-state index in [0.29, 0.717) is 5.56 Å². The summed E-state index contributed by atoms with van der Waals surface area (Å²) in [5.74, 6) is 0.0231. The SMILES string of the molecule is CCc1cc(-c2nc(C(Cl)(Cl)Cl)nc(C(Cl)(Cl)Cl)n2)ccc1-c1ccccc1. The molecule has 0 aliphatic heterocycles. The highest BCUT2D eigenvalue weighted by molar-refractivity contribution is 6.67. The molecule has 0 saturated carbocycles. The van der Waals surface area contributed by atoms with Gasteiger partial charge >= 0.3 is 0 Å². The van der Waals surface area contributed by atoms with Crippen LogP contribution >= 0.6 is 69.6 Å². The smallest absolute Gasteiger partial charge is 0.209 e. The van der Waals surface area contributed by atoms with Crippen molar-refractivity contribution >= 4 is 69.6 Å². The first-order valence-electron chi connectivity index (χ1n) is 8.18. The van der Waals surface area contributed by atoms with E-state index in [9.17, 15) is 0 Å². The highest BCUT2D eigenvalue weighted by Gasteiger charge is 2.34. The average Bonchev–Trinajstić information content (AvgIpc) is 2.66. The first-order valence-corrected chi connectivity index (χ1v) is 10.5. The molecule has 0 radical (unpaired) electrons. The molecule has 0 bridgehead atoms. The number of aryl methyl sites for hydroxylation is 1. The Morgan fingerprint density at radius 2 is 1.29 bits per heavy atom. The Balaban J connectivity index is 2.15. The molecule has 0 spiro atoms. The monoisotopic (exact) mass is 493 g/mol. The third-order valence-electron chi connectivity index (χ3n) is 3.97. The van der Waals surface area contributed by atoms with Crippen LogP contribution < -0.4 is 0 Å². The molecule has 0 aliphatic carbocycles. The summed E-state index contributed by atoms with van der Waals surface area (Å²) >= 11 is 35.7. The summed E-state index contributed by atoms with van der Waals surface area (Å²) in [5, 5.41) is 0. The second kappa shape index (κ2) is 8.51. The van der Waals surface area contributed by atoms with E-state index in [1.807, 2.05) is 36.4 Å². The minimum atomic E-state index is -1.89. The van der Waals surface area contributed by atoms with E-state index < -0.39 is 7.59 Å². The Kier molecular flexibility index (Phi) is 6.65. The first kappa shape index (κ1) is 21.9. The van der Waals surface area contributed by atoms with Gasteiger partial charge < -0.3 is 0 Å². The molecule has 0 fully saturated rings. The van der Waals surface area contributed by atoms with Crippen molar-refractivity contribution in [1.82, 2.24) is 15.0 Å². The highest BCUT2D eigenvalue weighted by Crippen LogP contribution is 2.41. The van der Waals surface area contributed by atoms with Gasteiger partial charge in [-0.2, -0.15) is 0 Å². The summed E-state index contributed by atoms with van der Waals surface area (Å²) in [6.45, 7) is 2.07. The quantitative estimate of drug-likeness (QED) is 0.355. The van der Waals surface area contributed by atoms with E-state index in [4.69, 9.17) is 69.6 Å². The molecule has 0 aliphatic rings. The van der Waals surface area contributed by atoms with Gasteiger partial charge in [0.15, 0.2) is 17.5 Å². The zero-order chi connectivity index (χ0) is 20.5. The number of aromatic nitrogens is 3. The lowest BCUT2D eigenvalue weighted by molar-refractivity contribution is 0.851. The van der Waals surface area contributed by atoms with Gasteiger partial charge in [-0.15, -0.1) is 0 Å². The van der Waals surface area contributed by atoms with Crippen molar-refractivity contribution in [2.45, 2.75) is 20.9 Å². The van der Waals surface area contributed by atoms with Crippen LogP contribution in [0.5, 0.6) is 0 Å². The second-order valence-electron chi connectivity index (χ2n) is 5.89. The fourth-order valence-corrected chi connectivity index (χ4v) is 3.19. The van der Waals surface area contributed by atoms with Gasteiger partial charge in [0.25, 0.3) is 0 Å². The Morgan fingerprint density at radius 1 is 0.714 bits per heavy atom. The molecule has 0 N–H and O–H groups in total. The molecule has 9 heteroatoms. The van der Waals surface area contributed by atoms with Crippen molar-refractivity contribution in [2.75, 3.05) is 0 Å². The molecule has 3 aromatic rings. The molecular weight excluding hydrogens is 483 g/mol. The van der Waals surface area contributed by atoms with E-state index in [1.54, 1.807) is 0 Å². The lowest BCUT2D eigenvalue weighted by atomic mass is 9.96. The van der Waals surface area contributed by atoms with Gasteiger partial charge in [0.05, 0.1) is 0 Å². The van der Waals surface area contributed by atoms with Gasteiger partial charge in [0, 0.05) is 5.56 Å². The molecule has 146 valence electrons. The third kappa shape index (κ3) is 5.02. The third-order valence-corrected chi connectivity index (χ3v) is 4.99. The van der Waals surface area contributed by atoms with Crippen molar-refractivity contribution in [2.24, 2.45) is 0 Å². The minimum absolute atomic E-state index is 0.117. The number of alkyl halides is 6. The van der Waals surface area contributed by atoms with Crippen molar-refractivity contribution in [3.05, 3.63) is 65.7 Å². The standard InChI is InChI=1S/C19H13Cl6N3/c1-2-11-10-13(8-9-14(11)12-6-4-3-5-7-12)15-26-16(18(20,21)22)28-17(27-15)19(23,24)25/h3-10H,2H2,1H3. The maximum absolute atomic E-state index is 5.95. The highest BCUT2D eigenvalue weighted by atomic mass is 35.6. The Morgan fingerprint density at radius 3 is 1.79 bits per heavy atom. The van der Waals surface area contributed by atoms with E-state index in [2.05, 4.69) is 34.0 Å². The summed E-state index contributed by atoms with van der Waals surface area (Å²) in [5.41, 5.74) is 4.04. The van der Waals surface area contributed by atoms with Crippen molar-refractivity contribution in [3.8, 4) is 22.5 Å². The van der Waals surface area contributed by atoms with Gasteiger partial charge in [-0.3, -0.25) is 0 Å². The van der Waals surface area contributed by atoms with Crippen molar-refractivity contribution in [3.63, 3.8) is 0 Å². The lowest BCUT2D eigenvalue weighted by Gasteiger charge is -2.16. The maximum atomic E-state index is 5.95. The molecular formula is C19H13Cl6N3. The number of hydrogen-bond acceptors (Lipinski definition) is 3. The van der Waals surface area contributed by atoms with Crippen LogP contribution in [0, 0.1) is 0 Å². The Bertz CT molecular complexity index is 949. The number of halogens is 6. The van der Waals surface area contributed by atoms with Crippen LogP contribution in [0.1, 0.15) is 24.1 Å². The first-order chi connectivity index (χ1) is 13.1. The van der Waals surface area contributed by atoms with Crippen molar-refractivity contribution in [1.29, 1.82) is 0 Å². The normalized spacial score (nSPS) is 12.2. The summed E-state index contributed by atoms with van der Waals surface area (Å²) < 4.78 is -3.78. The molecule has 0 unspecified atom stereocenters. The molecule has 0 atom stereocenters. The van der Waals surface area contributed by atoms with E-state index in [0.717, 1.165) is 23.1 Å². The molecule has 0 saturated heterocycles. The van der Waals surface area contributed by atoms with Gasteiger partial charge in [0.2, 0.25) is 7.59 Å². The van der Waals surface area contributed by atoms with Crippen LogP contribution in [0.3, 0.4) is 0 Å². The minimum Gasteiger partial charge on any atom is -0.209 e. The summed E-state index contributed by atoms with van der Waals surface area (Å²) in [4.78, 5) is 12.5. The van der Waals surface area contributed by atoms with Gasteiger partial charge in [0.1, 0.15) is 0 Å². The van der Waals surface area contributed by atoms with E-state index in [1.165, 1.54) is 0 Å². The maximum Gasteiger partial charge on any atom is 0.250 e. The number of hydrogen-bond donors (Lipinski definition) is 0. The van der Waals surface area contributed by atoms with Gasteiger partial charge in [-0.25, -0.2) is 15.0 Å². The largest absolute Gasteiger partial charge is 0.250 e. The number of rotatable bonds is 3. The van der Waals surface area contributed by atoms with Gasteiger partial charge in [-0.05, 0) is 29.2 Å². The zero-order valence-electron chi connectivity index (χ0n) is 14.4. The van der Waals surface area contributed by atoms with Crippen LogP contribution in [0.4, 0.5) is 0 Å². The molecule has 3 rings (SSSR count). The lowest BCUT2D eigenvalue weighted by Crippen LogP contribution is -2.16. The topological polar surface area (TPSA) is 38.7 Å². The number of nitrogens with zero attached hydrogens (tertiary/aromatic N) is 3. The molecule has 28 heavy (non-hydrogen) atoms. The summed E-state index contributed by atoms with van der Waals surface area (Å²) in [7, 11) is 0. The van der Waals surface area contributed by atoms with E-state index in [-0.39, 0.29) is 17.5 Å². The molecule has 3 nitrogen and oxygen atoms in total. The van der Waals surface area contributed by atoms with Crippen LogP contribution in [0.15, 0.2) is 48.5 Å². The Hall–Kier alpha value is -0.810. The van der Waals surface area contributed by atoms with Gasteiger partial charge in [-0.1, -0.05) is 119 Å². The van der Waals surface area contributed by atoms with E-state index >= 15 is 0 Å².